The van der Waals surface area contributed by atoms with E-state index in [-0.39, 0.29) is 5.41 Å². The second kappa shape index (κ2) is 4.51. The number of aliphatic carboxylic acids is 1. The van der Waals surface area contributed by atoms with Crippen molar-refractivity contribution in [3.8, 4) is 0 Å². The van der Waals surface area contributed by atoms with Gasteiger partial charge in [0.2, 0.25) is 0 Å². The van der Waals surface area contributed by atoms with Crippen molar-refractivity contribution in [1.29, 1.82) is 0 Å². The van der Waals surface area contributed by atoms with E-state index in [1.807, 2.05) is 0 Å². The monoisotopic (exact) mass is 214 g/mol. The van der Waals surface area contributed by atoms with Gasteiger partial charge in [0.25, 0.3) is 0 Å². The molecular weight excluding hydrogens is 196 g/mol. The zero-order valence-corrected chi connectivity index (χ0v) is 9.17. The van der Waals surface area contributed by atoms with Crippen LogP contribution in [0.4, 0.5) is 4.79 Å². The summed E-state index contributed by atoms with van der Waals surface area (Å²) in [7, 11) is 0. The molecule has 0 radical (unpaired) electrons. The van der Waals surface area contributed by atoms with E-state index >= 15 is 0 Å². The van der Waals surface area contributed by atoms with Gasteiger partial charge >= 0.3 is 12.0 Å². The fourth-order valence-electron chi connectivity index (χ4n) is 1.41. The highest BCUT2D eigenvalue weighted by Crippen LogP contribution is 2.47. The smallest absolute Gasteiger partial charge is 0.325 e. The number of carboxylic acids is 1. The quantitative estimate of drug-likeness (QED) is 0.637. The number of carbonyl (C=O) groups excluding carboxylic acids is 1. The molecule has 2 amide bonds. The molecule has 0 aromatic carbocycles. The summed E-state index contributed by atoms with van der Waals surface area (Å²) in [5.74, 6) is -1.03. The third-order valence-corrected chi connectivity index (χ3v) is 3.05. The van der Waals surface area contributed by atoms with Crippen molar-refractivity contribution in [3.05, 3.63) is 0 Å². The van der Waals surface area contributed by atoms with Crippen LogP contribution in [0.5, 0.6) is 0 Å². The number of hydrogen-bond acceptors (Lipinski definition) is 2. The summed E-state index contributed by atoms with van der Waals surface area (Å²) in [4.78, 5) is 21.7. The first-order valence-electron chi connectivity index (χ1n) is 5.26. The highest BCUT2D eigenvalue weighted by Gasteiger charge is 2.40. The predicted molar refractivity (Wildman–Crippen MR) is 55.6 cm³/mol. The molecule has 0 bridgehead atoms. The molecule has 86 valence electrons. The molecule has 1 rings (SSSR count). The van der Waals surface area contributed by atoms with Gasteiger partial charge in [-0.15, -0.1) is 0 Å². The van der Waals surface area contributed by atoms with Gasteiger partial charge in [0.1, 0.15) is 6.04 Å². The van der Waals surface area contributed by atoms with Gasteiger partial charge in [-0.2, -0.15) is 0 Å². The highest BCUT2D eigenvalue weighted by atomic mass is 16.4. The van der Waals surface area contributed by atoms with Crippen molar-refractivity contribution in [2.45, 2.75) is 39.2 Å². The summed E-state index contributed by atoms with van der Waals surface area (Å²) in [6, 6.07) is -1.24. The van der Waals surface area contributed by atoms with E-state index in [1.165, 1.54) is 6.92 Å². The summed E-state index contributed by atoms with van der Waals surface area (Å²) in [6.45, 7) is 4.18. The average molecular weight is 214 g/mol. The van der Waals surface area contributed by atoms with Gasteiger partial charge in [-0.05, 0) is 31.6 Å². The van der Waals surface area contributed by atoms with E-state index < -0.39 is 18.0 Å². The van der Waals surface area contributed by atoms with Crippen LogP contribution < -0.4 is 10.6 Å². The van der Waals surface area contributed by atoms with Crippen molar-refractivity contribution in [2.75, 3.05) is 6.54 Å². The number of carbonyl (C=O) groups is 2. The molecule has 1 fully saturated rings. The molecule has 5 heteroatoms. The van der Waals surface area contributed by atoms with Gasteiger partial charge < -0.3 is 15.7 Å². The third kappa shape index (κ3) is 3.42. The number of urea groups is 1. The highest BCUT2D eigenvalue weighted by molar-refractivity contribution is 5.82. The minimum absolute atomic E-state index is 0.282. The van der Waals surface area contributed by atoms with E-state index in [1.54, 1.807) is 0 Å². The van der Waals surface area contributed by atoms with Crippen molar-refractivity contribution in [1.82, 2.24) is 10.6 Å². The maximum atomic E-state index is 11.3. The predicted octanol–water partition coefficient (Wildman–Crippen LogP) is 0.949. The average Bonchev–Trinajstić information content (AvgIpc) is 2.95. The van der Waals surface area contributed by atoms with E-state index in [4.69, 9.17) is 5.11 Å². The molecule has 1 saturated carbocycles. The van der Waals surface area contributed by atoms with Crippen molar-refractivity contribution >= 4 is 12.0 Å². The first-order valence-corrected chi connectivity index (χ1v) is 5.26. The molecule has 0 aliphatic heterocycles. The fourth-order valence-corrected chi connectivity index (χ4v) is 1.41. The molecule has 15 heavy (non-hydrogen) atoms. The molecule has 1 aliphatic rings. The molecule has 0 aromatic rings. The standard InChI is InChI=1S/C10H18N2O3/c1-3-10(4-5-10)6-11-9(15)12-7(2)8(13)14/h7H,3-6H2,1-2H3,(H,13,14)(H2,11,12,15)/t7-/m1/s1. The Morgan fingerprint density at radius 1 is 1.47 bits per heavy atom. The van der Waals surface area contributed by atoms with Gasteiger partial charge in [-0.25, -0.2) is 4.79 Å². The van der Waals surface area contributed by atoms with Gasteiger partial charge in [0.05, 0.1) is 0 Å². The van der Waals surface area contributed by atoms with Crippen LogP contribution >= 0.6 is 0 Å². The van der Waals surface area contributed by atoms with Gasteiger partial charge in [0, 0.05) is 6.54 Å². The second-order valence-corrected chi connectivity index (χ2v) is 4.24. The number of amides is 2. The van der Waals surface area contributed by atoms with Crippen LogP contribution in [0.1, 0.15) is 33.1 Å². The Labute approximate surface area is 89.2 Å². The molecule has 1 atom stereocenters. The number of carboxylic acid groups (broad SMARTS) is 1. The first-order chi connectivity index (χ1) is 6.99. The molecule has 1 aliphatic carbocycles. The van der Waals surface area contributed by atoms with Crippen LogP contribution in [0.15, 0.2) is 0 Å². The Kier molecular flexibility index (Phi) is 3.55. The lowest BCUT2D eigenvalue weighted by molar-refractivity contribution is -0.138. The maximum Gasteiger partial charge on any atom is 0.325 e. The molecule has 0 heterocycles. The van der Waals surface area contributed by atoms with Gasteiger partial charge in [-0.1, -0.05) is 6.92 Å². The minimum Gasteiger partial charge on any atom is -0.480 e. The lowest BCUT2D eigenvalue weighted by Crippen LogP contribution is -2.45. The topological polar surface area (TPSA) is 78.4 Å². The maximum absolute atomic E-state index is 11.3. The van der Waals surface area contributed by atoms with Crippen LogP contribution in [-0.2, 0) is 4.79 Å². The molecule has 0 spiro atoms. The molecule has 0 aromatic heterocycles. The Bertz CT molecular complexity index is 261. The van der Waals surface area contributed by atoms with Crippen LogP contribution in [-0.4, -0.2) is 29.7 Å². The SMILES string of the molecule is CCC1(CNC(=O)N[C@H](C)C(=O)O)CC1. The Hall–Kier alpha value is -1.26. The summed E-state index contributed by atoms with van der Waals surface area (Å²) < 4.78 is 0. The lowest BCUT2D eigenvalue weighted by atomic mass is 10.0. The summed E-state index contributed by atoms with van der Waals surface area (Å²) in [6.07, 6.45) is 3.36. The summed E-state index contributed by atoms with van der Waals surface area (Å²) in [5, 5.41) is 13.6. The third-order valence-electron chi connectivity index (χ3n) is 3.05. The molecule has 0 unspecified atom stereocenters. The van der Waals surface area contributed by atoms with E-state index in [9.17, 15) is 9.59 Å². The minimum atomic E-state index is -1.03. The lowest BCUT2D eigenvalue weighted by Gasteiger charge is -2.15. The van der Waals surface area contributed by atoms with E-state index in [2.05, 4.69) is 17.6 Å². The Morgan fingerprint density at radius 2 is 2.07 bits per heavy atom. The second-order valence-electron chi connectivity index (χ2n) is 4.24. The molecule has 3 N–H and O–H groups in total. The van der Waals surface area contributed by atoms with Gasteiger partial charge in [-0.3, -0.25) is 4.79 Å². The van der Waals surface area contributed by atoms with Crippen LogP contribution in [0.25, 0.3) is 0 Å². The van der Waals surface area contributed by atoms with Crippen LogP contribution in [0.2, 0.25) is 0 Å². The first kappa shape index (κ1) is 11.8. The van der Waals surface area contributed by atoms with Crippen molar-refractivity contribution in [3.63, 3.8) is 0 Å². The molecular formula is C10H18N2O3. The summed E-state index contributed by atoms with van der Waals surface area (Å²) >= 11 is 0. The van der Waals surface area contributed by atoms with Crippen LogP contribution in [0, 0.1) is 5.41 Å². The van der Waals surface area contributed by atoms with Crippen molar-refractivity contribution < 1.29 is 14.7 Å². The largest absolute Gasteiger partial charge is 0.480 e. The van der Waals surface area contributed by atoms with Gasteiger partial charge in [0.15, 0.2) is 0 Å². The summed E-state index contributed by atoms with van der Waals surface area (Å²) in [5.41, 5.74) is 0.282. The molecule has 0 saturated heterocycles. The van der Waals surface area contributed by atoms with E-state index in [0.717, 1.165) is 19.3 Å². The zero-order valence-electron chi connectivity index (χ0n) is 9.17. The number of hydrogen-bond donors (Lipinski definition) is 3. The van der Waals surface area contributed by atoms with E-state index in [0.29, 0.717) is 6.54 Å². The zero-order chi connectivity index (χ0) is 11.5. The Balaban J connectivity index is 2.22. The molecule has 5 nitrogen and oxygen atoms in total. The van der Waals surface area contributed by atoms with Crippen molar-refractivity contribution in [2.24, 2.45) is 5.41 Å². The fraction of sp³-hybridized carbons (Fsp3) is 0.800. The van der Waals surface area contributed by atoms with Crippen LogP contribution in [0.3, 0.4) is 0 Å². The number of rotatable bonds is 5. The number of nitrogens with one attached hydrogen (secondary N) is 2. The normalized spacial score (nSPS) is 19.1. The Morgan fingerprint density at radius 3 is 2.47 bits per heavy atom.